The fraction of sp³-hybridized carbons (Fsp3) is 0.125. The van der Waals surface area contributed by atoms with Gasteiger partial charge >= 0.3 is 0 Å². The summed E-state index contributed by atoms with van der Waals surface area (Å²) in [5.74, 6) is -0.324. The Kier molecular flexibility index (Phi) is 5.61. The average Bonchev–Trinajstić information content (AvgIpc) is 2.72. The highest BCUT2D eigenvalue weighted by atomic mass is 79.9. The number of fused-ring (bicyclic) bond motifs is 1. The Morgan fingerprint density at radius 1 is 0.935 bits per heavy atom. The second-order valence-corrected chi connectivity index (χ2v) is 8.36. The highest BCUT2D eigenvalue weighted by Crippen LogP contribution is 2.27. The van der Waals surface area contributed by atoms with Gasteiger partial charge in [0.1, 0.15) is 0 Å². The summed E-state index contributed by atoms with van der Waals surface area (Å²) in [6.45, 7) is 3.77. The number of H-pyrrole nitrogens is 2. The van der Waals surface area contributed by atoms with Gasteiger partial charge in [0.2, 0.25) is 5.56 Å². The molecule has 6 nitrogen and oxygen atoms in total. The summed E-state index contributed by atoms with van der Waals surface area (Å²) >= 11 is 3.42. The predicted molar refractivity (Wildman–Crippen MR) is 125 cm³/mol. The molecule has 0 unspecified atom stereocenters. The van der Waals surface area contributed by atoms with Crippen molar-refractivity contribution in [2.75, 3.05) is 0 Å². The molecule has 0 aliphatic carbocycles. The molecule has 0 saturated carbocycles. The lowest BCUT2D eigenvalue weighted by atomic mass is 9.98. The average molecular weight is 478 g/mol. The molecule has 0 radical (unpaired) electrons. The SMILES string of the molecule is Cc1cc(C)c(CNC(=O)c2cc(-c3ccc(Br)cc3)cc3[nH]c(=O)ccc23)c(=O)[nH]1. The van der Waals surface area contributed by atoms with Gasteiger partial charge in [-0.25, -0.2) is 0 Å². The lowest BCUT2D eigenvalue weighted by Gasteiger charge is -2.12. The van der Waals surface area contributed by atoms with Gasteiger partial charge < -0.3 is 15.3 Å². The van der Waals surface area contributed by atoms with Crippen LogP contribution in [0.15, 0.2) is 68.7 Å². The Balaban J connectivity index is 1.75. The lowest BCUT2D eigenvalue weighted by molar-refractivity contribution is 0.0952. The van der Waals surface area contributed by atoms with Crippen molar-refractivity contribution in [2.45, 2.75) is 20.4 Å². The van der Waals surface area contributed by atoms with E-state index >= 15 is 0 Å². The zero-order chi connectivity index (χ0) is 22.1. The second-order valence-electron chi connectivity index (χ2n) is 7.44. The molecule has 4 rings (SSSR count). The van der Waals surface area contributed by atoms with E-state index in [0.717, 1.165) is 26.9 Å². The van der Waals surface area contributed by atoms with Crippen LogP contribution in [-0.2, 0) is 6.54 Å². The Bertz CT molecular complexity index is 1420. The summed E-state index contributed by atoms with van der Waals surface area (Å²) in [5, 5.41) is 3.48. The van der Waals surface area contributed by atoms with Gasteiger partial charge in [-0.1, -0.05) is 28.1 Å². The van der Waals surface area contributed by atoms with Crippen molar-refractivity contribution in [1.29, 1.82) is 0 Å². The smallest absolute Gasteiger partial charge is 0.253 e. The molecule has 1 amide bonds. The molecule has 0 aliphatic rings. The fourth-order valence-electron chi connectivity index (χ4n) is 3.63. The minimum absolute atomic E-state index is 0.105. The third-order valence-electron chi connectivity index (χ3n) is 5.18. The maximum Gasteiger partial charge on any atom is 0.253 e. The van der Waals surface area contributed by atoms with Crippen LogP contribution in [-0.4, -0.2) is 15.9 Å². The third-order valence-corrected chi connectivity index (χ3v) is 5.71. The molecule has 2 heterocycles. The molecule has 0 fully saturated rings. The van der Waals surface area contributed by atoms with Crippen LogP contribution in [0.3, 0.4) is 0 Å². The largest absolute Gasteiger partial charge is 0.348 e. The molecule has 0 aliphatic heterocycles. The van der Waals surface area contributed by atoms with Crippen molar-refractivity contribution in [3.63, 3.8) is 0 Å². The van der Waals surface area contributed by atoms with Crippen LogP contribution in [0.25, 0.3) is 22.0 Å². The number of benzene rings is 2. The van der Waals surface area contributed by atoms with Gasteiger partial charge in [0, 0.05) is 44.8 Å². The second kappa shape index (κ2) is 8.35. The van der Waals surface area contributed by atoms with Crippen LogP contribution in [0.2, 0.25) is 0 Å². The molecule has 3 N–H and O–H groups in total. The lowest BCUT2D eigenvalue weighted by Crippen LogP contribution is -2.28. The summed E-state index contributed by atoms with van der Waals surface area (Å²) in [7, 11) is 0. The van der Waals surface area contributed by atoms with Crippen LogP contribution in [0.4, 0.5) is 0 Å². The zero-order valence-corrected chi connectivity index (χ0v) is 18.6. The number of carbonyl (C=O) groups is 1. The number of halogens is 1. The topological polar surface area (TPSA) is 94.8 Å². The molecular formula is C24H20BrN3O3. The highest BCUT2D eigenvalue weighted by molar-refractivity contribution is 9.10. The first-order valence-corrected chi connectivity index (χ1v) is 10.5. The van der Waals surface area contributed by atoms with Crippen LogP contribution in [0.1, 0.15) is 27.2 Å². The van der Waals surface area contributed by atoms with Crippen molar-refractivity contribution < 1.29 is 4.79 Å². The molecule has 4 aromatic rings. The van der Waals surface area contributed by atoms with Gasteiger partial charge in [0.25, 0.3) is 11.5 Å². The van der Waals surface area contributed by atoms with E-state index in [1.165, 1.54) is 6.07 Å². The Morgan fingerprint density at radius 3 is 2.39 bits per heavy atom. The Morgan fingerprint density at radius 2 is 1.68 bits per heavy atom. The number of hydrogen-bond acceptors (Lipinski definition) is 3. The van der Waals surface area contributed by atoms with E-state index < -0.39 is 0 Å². The molecule has 7 heteroatoms. The van der Waals surface area contributed by atoms with Gasteiger partial charge in [-0.15, -0.1) is 0 Å². The minimum atomic E-state index is -0.324. The molecular weight excluding hydrogens is 458 g/mol. The quantitative estimate of drug-likeness (QED) is 0.411. The molecule has 0 atom stereocenters. The van der Waals surface area contributed by atoms with E-state index in [4.69, 9.17) is 0 Å². The molecule has 0 saturated heterocycles. The van der Waals surface area contributed by atoms with E-state index in [0.29, 0.717) is 22.0 Å². The van der Waals surface area contributed by atoms with Crippen molar-refractivity contribution in [1.82, 2.24) is 15.3 Å². The number of aryl methyl sites for hydroxylation is 2. The summed E-state index contributed by atoms with van der Waals surface area (Å²) < 4.78 is 0.946. The van der Waals surface area contributed by atoms with Crippen LogP contribution < -0.4 is 16.4 Å². The van der Waals surface area contributed by atoms with Gasteiger partial charge in [0.05, 0.1) is 0 Å². The number of rotatable bonds is 4. The number of carbonyl (C=O) groups excluding carboxylic acids is 1. The Hall–Kier alpha value is -3.45. The van der Waals surface area contributed by atoms with Crippen LogP contribution in [0, 0.1) is 13.8 Å². The van der Waals surface area contributed by atoms with Crippen LogP contribution in [0.5, 0.6) is 0 Å². The molecule has 156 valence electrons. The van der Waals surface area contributed by atoms with E-state index in [1.54, 1.807) is 12.1 Å². The summed E-state index contributed by atoms with van der Waals surface area (Å²) in [4.78, 5) is 42.8. The molecule has 31 heavy (non-hydrogen) atoms. The number of nitrogens with one attached hydrogen (secondary N) is 3. The first-order valence-electron chi connectivity index (χ1n) is 9.72. The highest BCUT2D eigenvalue weighted by Gasteiger charge is 2.15. The first kappa shape index (κ1) is 20.8. The Labute approximate surface area is 186 Å². The number of pyridine rings is 2. The normalized spacial score (nSPS) is 10.9. The predicted octanol–water partition coefficient (Wildman–Crippen LogP) is 4.19. The van der Waals surface area contributed by atoms with Crippen molar-refractivity contribution in [3.05, 3.63) is 102 Å². The third kappa shape index (κ3) is 4.36. The minimum Gasteiger partial charge on any atom is -0.348 e. The van der Waals surface area contributed by atoms with E-state index in [9.17, 15) is 14.4 Å². The summed E-state index contributed by atoms with van der Waals surface area (Å²) in [6, 6.07) is 16.3. The van der Waals surface area contributed by atoms with Crippen LogP contribution >= 0.6 is 15.9 Å². The first-order chi connectivity index (χ1) is 14.8. The van der Waals surface area contributed by atoms with E-state index in [1.807, 2.05) is 50.2 Å². The van der Waals surface area contributed by atoms with E-state index in [-0.39, 0.29) is 23.6 Å². The van der Waals surface area contributed by atoms with E-state index in [2.05, 4.69) is 31.2 Å². The van der Waals surface area contributed by atoms with Crippen molar-refractivity contribution in [3.8, 4) is 11.1 Å². The van der Waals surface area contributed by atoms with Crippen molar-refractivity contribution in [2.24, 2.45) is 0 Å². The maximum atomic E-state index is 13.1. The maximum absolute atomic E-state index is 13.1. The monoisotopic (exact) mass is 477 g/mol. The summed E-state index contributed by atoms with van der Waals surface area (Å²) in [5.41, 5.74) is 4.36. The van der Waals surface area contributed by atoms with Gasteiger partial charge in [-0.05, 0) is 66.9 Å². The number of aromatic nitrogens is 2. The standard InChI is InChI=1S/C24H20BrN3O3/c1-13-9-14(2)27-24(31)20(13)12-26-23(30)19-10-16(15-3-5-17(25)6-4-15)11-21-18(19)7-8-22(29)28-21/h3-11H,12H2,1-2H3,(H,26,30)(H,27,31)(H,28,29). The number of amides is 1. The molecule has 2 aromatic heterocycles. The summed E-state index contributed by atoms with van der Waals surface area (Å²) in [6.07, 6.45) is 0. The van der Waals surface area contributed by atoms with Gasteiger partial charge in [-0.2, -0.15) is 0 Å². The molecule has 0 spiro atoms. The number of hydrogen-bond donors (Lipinski definition) is 3. The van der Waals surface area contributed by atoms with Gasteiger partial charge in [-0.3, -0.25) is 14.4 Å². The molecule has 2 aromatic carbocycles. The fourth-order valence-corrected chi connectivity index (χ4v) is 3.90. The zero-order valence-electron chi connectivity index (χ0n) is 17.0. The number of aromatic amines is 2. The molecule has 0 bridgehead atoms. The van der Waals surface area contributed by atoms with Gasteiger partial charge in [0.15, 0.2) is 0 Å². The van der Waals surface area contributed by atoms with Crippen molar-refractivity contribution >= 4 is 32.7 Å².